The van der Waals surface area contributed by atoms with E-state index in [-0.39, 0.29) is 12.4 Å². The van der Waals surface area contributed by atoms with Crippen LogP contribution < -0.4 is 5.32 Å². The SMILES string of the molecule is CNc1cc(-n2cc(C(F)(F)F)cn2)nc(COC)n1. The van der Waals surface area contributed by atoms with Crippen molar-refractivity contribution < 1.29 is 17.9 Å². The van der Waals surface area contributed by atoms with Crippen molar-refractivity contribution in [3.05, 3.63) is 29.8 Å². The largest absolute Gasteiger partial charge is 0.419 e. The number of rotatable bonds is 4. The molecule has 0 radical (unpaired) electrons. The molecular formula is C11H12F3N5O. The molecule has 0 bridgehead atoms. The summed E-state index contributed by atoms with van der Waals surface area (Å²) in [5, 5.41) is 6.47. The van der Waals surface area contributed by atoms with Gasteiger partial charge in [0.25, 0.3) is 0 Å². The second kappa shape index (κ2) is 5.45. The van der Waals surface area contributed by atoms with E-state index in [1.807, 2.05) is 0 Å². The standard InChI is InChI=1S/C11H12F3N5O/c1-15-8-3-10(18-9(17-8)6-20-2)19-5-7(4-16-19)11(12,13)14/h3-5H,6H2,1-2H3,(H,15,17,18). The molecule has 6 nitrogen and oxygen atoms in total. The molecule has 2 aromatic heterocycles. The minimum Gasteiger partial charge on any atom is -0.377 e. The van der Waals surface area contributed by atoms with Gasteiger partial charge < -0.3 is 10.1 Å². The molecule has 0 amide bonds. The smallest absolute Gasteiger partial charge is 0.377 e. The van der Waals surface area contributed by atoms with E-state index in [2.05, 4.69) is 20.4 Å². The fourth-order valence-corrected chi connectivity index (χ4v) is 1.52. The number of anilines is 1. The van der Waals surface area contributed by atoms with Gasteiger partial charge in [0.2, 0.25) is 0 Å². The number of nitrogens with one attached hydrogen (secondary N) is 1. The molecular weight excluding hydrogens is 275 g/mol. The molecule has 0 spiro atoms. The third-order valence-corrected chi connectivity index (χ3v) is 2.43. The van der Waals surface area contributed by atoms with Crippen LogP contribution in [0.2, 0.25) is 0 Å². The van der Waals surface area contributed by atoms with E-state index in [0.29, 0.717) is 11.6 Å². The molecule has 108 valence electrons. The van der Waals surface area contributed by atoms with Gasteiger partial charge in [-0.05, 0) is 0 Å². The lowest BCUT2D eigenvalue weighted by Crippen LogP contribution is -2.07. The molecule has 0 unspecified atom stereocenters. The third-order valence-electron chi connectivity index (χ3n) is 2.43. The van der Waals surface area contributed by atoms with Crippen molar-refractivity contribution in [2.45, 2.75) is 12.8 Å². The van der Waals surface area contributed by atoms with Gasteiger partial charge in [-0.2, -0.15) is 18.3 Å². The number of ether oxygens (including phenoxy) is 1. The predicted molar refractivity (Wildman–Crippen MR) is 64.4 cm³/mol. The highest BCUT2D eigenvalue weighted by molar-refractivity contribution is 5.41. The number of methoxy groups -OCH3 is 1. The molecule has 2 aromatic rings. The van der Waals surface area contributed by atoms with Crippen molar-refractivity contribution in [2.75, 3.05) is 19.5 Å². The zero-order valence-electron chi connectivity index (χ0n) is 10.8. The molecule has 0 aliphatic carbocycles. The second-order valence-electron chi connectivity index (χ2n) is 3.88. The van der Waals surface area contributed by atoms with Gasteiger partial charge in [0.15, 0.2) is 11.6 Å². The van der Waals surface area contributed by atoms with Gasteiger partial charge in [0.05, 0.1) is 11.8 Å². The molecule has 20 heavy (non-hydrogen) atoms. The highest BCUT2D eigenvalue weighted by Gasteiger charge is 2.32. The lowest BCUT2D eigenvalue weighted by atomic mass is 10.3. The summed E-state index contributed by atoms with van der Waals surface area (Å²) in [4.78, 5) is 8.21. The van der Waals surface area contributed by atoms with E-state index in [0.717, 1.165) is 17.1 Å². The molecule has 9 heteroatoms. The van der Waals surface area contributed by atoms with Crippen LogP contribution in [-0.2, 0) is 17.5 Å². The van der Waals surface area contributed by atoms with Crippen molar-refractivity contribution in [3.63, 3.8) is 0 Å². The molecule has 0 aliphatic heterocycles. The highest BCUT2D eigenvalue weighted by Crippen LogP contribution is 2.29. The van der Waals surface area contributed by atoms with Crippen molar-refractivity contribution in [3.8, 4) is 5.82 Å². The Hall–Kier alpha value is -2.16. The van der Waals surface area contributed by atoms with Crippen molar-refractivity contribution in [2.24, 2.45) is 0 Å². The topological polar surface area (TPSA) is 64.9 Å². The average Bonchev–Trinajstić information content (AvgIpc) is 2.88. The van der Waals surface area contributed by atoms with Crippen LogP contribution in [-0.4, -0.2) is 33.9 Å². The first-order valence-corrected chi connectivity index (χ1v) is 5.61. The van der Waals surface area contributed by atoms with Gasteiger partial charge in [-0.3, -0.25) is 0 Å². The summed E-state index contributed by atoms with van der Waals surface area (Å²) in [6.45, 7) is 0.149. The summed E-state index contributed by atoms with van der Waals surface area (Å²) < 4.78 is 43.6. The monoisotopic (exact) mass is 287 g/mol. The minimum atomic E-state index is -4.44. The summed E-state index contributed by atoms with van der Waals surface area (Å²) in [6.07, 6.45) is -2.82. The Kier molecular flexibility index (Phi) is 3.89. The van der Waals surface area contributed by atoms with Gasteiger partial charge in [-0.25, -0.2) is 14.6 Å². The summed E-state index contributed by atoms with van der Waals surface area (Å²) in [7, 11) is 3.12. The number of hydrogen-bond acceptors (Lipinski definition) is 5. The quantitative estimate of drug-likeness (QED) is 0.930. The second-order valence-corrected chi connectivity index (χ2v) is 3.88. The van der Waals surface area contributed by atoms with Gasteiger partial charge in [-0.1, -0.05) is 0 Å². The maximum Gasteiger partial charge on any atom is 0.419 e. The molecule has 0 aromatic carbocycles. The molecule has 0 atom stereocenters. The Morgan fingerprint density at radius 3 is 2.65 bits per heavy atom. The minimum absolute atomic E-state index is 0.149. The van der Waals surface area contributed by atoms with E-state index >= 15 is 0 Å². The molecule has 0 fully saturated rings. The first-order valence-electron chi connectivity index (χ1n) is 5.61. The van der Waals surface area contributed by atoms with Crippen molar-refractivity contribution in [1.82, 2.24) is 19.7 Å². The van der Waals surface area contributed by atoms with Crippen molar-refractivity contribution in [1.29, 1.82) is 0 Å². The van der Waals surface area contributed by atoms with Crippen LogP contribution in [0.25, 0.3) is 5.82 Å². The van der Waals surface area contributed by atoms with Crippen LogP contribution in [0, 0.1) is 0 Å². The molecule has 0 saturated carbocycles. The zero-order chi connectivity index (χ0) is 14.8. The summed E-state index contributed by atoms with van der Waals surface area (Å²) >= 11 is 0. The Labute approximate surface area is 112 Å². The summed E-state index contributed by atoms with van der Waals surface area (Å²) in [6, 6.07) is 1.49. The van der Waals surface area contributed by atoms with Gasteiger partial charge >= 0.3 is 6.18 Å². The van der Waals surface area contributed by atoms with Crippen LogP contribution in [0.3, 0.4) is 0 Å². The van der Waals surface area contributed by atoms with Crippen LogP contribution >= 0.6 is 0 Å². The van der Waals surface area contributed by atoms with E-state index < -0.39 is 11.7 Å². The van der Waals surface area contributed by atoms with Gasteiger partial charge in [0, 0.05) is 26.4 Å². The van der Waals surface area contributed by atoms with Gasteiger partial charge in [-0.15, -0.1) is 0 Å². The maximum absolute atomic E-state index is 12.5. The molecule has 2 heterocycles. The van der Waals surface area contributed by atoms with E-state index in [1.165, 1.54) is 13.2 Å². The predicted octanol–water partition coefficient (Wildman–Crippen LogP) is 1.87. The van der Waals surface area contributed by atoms with Crippen LogP contribution in [0.15, 0.2) is 18.5 Å². The van der Waals surface area contributed by atoms with E-state index in [1.54, 1.807) is 7.05 Å². The average molecular weight is 287 g/mol. The first kappa shape index (κ1) is 14.3. The maximum atomic E-state index is 12.5. The third kappa shape index (κ3) is 3.05. The fraction of sp³-hybridized carbons (Fsp3) is 0.364. The number of aromatic nitrogens is 4. The number of hydrogen-bond donors (Lipinski definition) is 1. The van der Waals surface area contributed by atoms with Crippen LogP contribution in [0.4, 0.5) is 19.0 Å². The van der Waals surface area contributed by atoms with Gasteiger partial charge in [0.1, 0.15) is 12.4 Å². The summed E-state index contributed by atoms with van der Waals surface area (Å²) in [5.74, 6) is 1.04. The Balaban J connectivity index is 2.41. The molecule has 2 rings (SSSR count). The molecule has 0 saturated heterocycles. The lowest BCUT2D eigenvalue weighted by molar-refractivity contribution is -0.137. The zero-order valence-corrected chi connectivity index (χ0v) is 10.8. The molecule has 0 aliphatic rings. The number of alkyl halides is 3. The number of nitrogens with zero attached hydrogens (tertiary/aromatic N) is 4. The van der Waals surface area contributed by atoms with Crippen LogP contribution in [0.5, 0.6) is 0 Å². The van der Waals surface area contributed by atoms with Crippen molar-refractivity contribution >= 4 is 5.82 Å². The Morgan fingerprint density at radius 2 is 2.10 bits per heavy atom. The fourth-order valence-electron chi connectivity index (χ4n) is 1.52. The highest BCUT2D eigenvalue weighted by atomic mass is 19.4. The Bertz CT molecular complexity index is 596. The number of halogens is 3. The molecule has 1 N–H and O–H groups in total. The summed E-state index contributed by atoms with van der Waals surface area (Å²) in [5.41, 5.74) is -0.838. The normalized spacial score (nSPS) is 11.7. The van der Waals surface area contributed by atoms with E-state index in [4.69, 9.17) is 4.74 Å². The lowest BCUT2D eigenvalue weighted by Gasteiger charge is -2.07. The van der Waals surface area contributed by atoms with Crippen LogP contribution in [0.1, 0.15) is 11.4 Å². The van der Waals surface area contributed by atoms with E-state index in [9.17, 15) is 13.2 Å². The first-order chi connectivity index (χ1) is 9.44. The Morgan fingerprint density at radius 1 is 1.35 bits per heavy atom.